The summed E-state index contributed by atoms with van der Waals surface area (Å²) in [6.45, 7) is 0.112. The first-order valence-corrected chi connectivity index (χ1v) is 4.90. The maximum atomic E-state index is 11.7. The quantitative estimate of drug-likeness (QED) is 0.739. The standard InChI is InChI=1S/C9H14F3NO2/c10-9(11,12)6-15-8(14)4-7-2-1-3-13-5-7/h7,13H,1-6H2. The van der Waals surface area contributed by atoms with E-state index in [0.29, 0.717) is 6.54 Å². The average molecular weight is 225 g/mol. The van der Waals surface area contributed by atoms with Crippen LogP contribution in [0.4, 0.5) is 13.2 Å². The van der Waals surface area contributed by atoms with Crippen LogP contribution >= 0.6 is 0 Å². The summed E-state index contributed by atoms with van der Waals surface area (Å²) in [5.41, 5.74) is 0. The van der Waals surface area contributed by atoms with E-state index in [1.807, 2.05) is 0 Å². The molecule has 0 aliphatic carbocycles. The first-order valence-electron chi connectivity index (χ1n) is 4.90. The second kappa shape index (κ2) is 5.34. The lowest BCUT2D eigenvalue weighted by Crippen LogP contribution is -2.32. The smallest absolute Gasteiger partial charge is 0.422 e. The van der Waals surface area contributed by atoms with Crippen molar-refractivity contribution in [2.45, 2.75) is 25.4 Å². The van der Waals surface area contributed by atoms with Gasteiger partial charge in [0.15, 0.2) is 6.61 Å². The van der Waals surface area contributed by atoms with E-state index in [0.717, 1.165) is 19.4 Å². The predicted octanol–water partition coefficient (Wildman–Crippen LogP) is 1.48. The van der Waals surface area contributed by atoms with E-state index in [4.69, 9.17) is 0 Å². The van der Waals surface area contributed by atoms with E-state index in [1.165, 1.54) is 0 Å². The molecule has 1 fully saturated rings. The number of hydrogen-bond acceptors (Lipinski definition) is 3. The van der Waals surface area contributed by atoms with Gasteiger partial charge < -0.3 is 10.1 Å². The van der Waals surface area contributed by atoms with Gasteiger partial charge in [0.05, 0.1) is 0 Å². The number of alkyl halides is 3. The molecule has 1 aliphatic heterocycles. The van der Waals surface area contributed by atoms with Gasteiger partial charge in [0, 0.05) is 6.42 Å². The minimum atomic E-state index is -4.43. The third kappa shape index (κ3) is 5.61. The summed E-state index contributed by atoms with van der Waals surface area (Å²) in [6.07, 6.45) is -2.53. The molecule has 88 valence electrons. The minimum absolute atomic E-state index is 0.0725. The van der Waals surface area contributed by atoms with Crippen molar-refractivity contribution >= 4 is 5.97 Å². The summed E-state index contributed by atoms with van der Waals surface area (Å²) in [5.74, 6) is -0.652. The first-order chi connectivity index (χ1) is 6.97. The number of ether oxygens (including phenoxy) is 1. The second-order valence-electron chi connectivity index (χ2n) is 3.69. The molecule has 1 saturated heterocycles. The third-order valence-electron chi connectivity index (χ3n) is 2.25. The summed E-state index contributed by atoms with van der Waals surface area (Å²) < 4.78 is 39.2. The molecule has 0 saturated carbocycles. The Morgan fingerprint density at radius 3 is 2.73 bits per heavy atom. The zero-order valence-corrected chi connectivity index (χ0v) is 8.27. The highest BCUT2D eigenvalue weighted by Crippen LogP contribution is 2.17. The Bertz CT molecular complexity index is 212. The molecule has 6 heteroatoms. The lowest BCUT2D eigenvalue weighted by atomic mass is 9.96. The van der Waals surface area contributed by atoms with Crippen LogP contribution in [0.3, 0.4) is 0 Å². The van der Waals surface area contributed by atoms with Crippen LogP contribution in [0.1, 0.15) is 19.3 Å². The van der Waals surface area contributed by atoms with E-state index in [-0.39, 0.29) is 12.3 Å². The molecule has 1 heterocycles. The molecule has 15 heavy (non-hydrogen) atoms. The van der Waals surface area contributed by atoms with Crippen molar-refractivity contribution in [1.29, 1.82) is 0 Å². The van der Waals surface area contributed by atoms with Crippen molar-refractivity contribution in [2.75, 3.05) is 19.7 Å². The van der Waals surface area contributed by atoms with Crippen molar-refractivity contribution < 1.29 is 22.7 Å². The summed E-state index contributed by atoms with van der Waals surface area (Å²) in [7, 11) is 0. The fourth-order valence-electron chi connectivity index (χ4n) is 1.56. The van der Waals surface area contributed by atoms with Crippen LogP contribution in [0, 0.1) is 5.92 Å². The number of esters is 1. The third-order valence-corrected chi connectivity index (χ3v) is 2.25. The van der Waals surface area contributed by atoms with Crippen molar-refractivity contribution in [3.05, 3.63) is 0 Å². The van der Waals surface area contributed by atoms with Crippen molar-refractivity contribution in [1.82, 2.24) is 5.32 Å². The highest BCUT2D eigenvalue weighted by Gasteiger charge is 2.30. The summed E-state index contributed by atoms with van der Waals surface area (Å²) in [4.78, 5) is 11.0. The molecular weight excluding hydrogens is 211 g/mol. The number of piperidine rings is 1. The number of hydrogen-bond donors (Lipinski definition) is 1. The van der Waals surface area contributed by atoms with Gasteiger partial charge in [0.2, 0.25) is 0 Å². The molecule has 1 rings (SSSR count). The Kier molecular flexibility index (Phi) is 4.38. The Labute approximate surface area is 86.0 Å². The zero-order valence-electron chi connectivity index (χ0n) is 8.27. The molecule has 1 aliphatic rings. The molecule has 0 aromatic rings. The number of carbonyl (C=O) groups excluding carboxylic acids is 1. The Balaban J connectivity index is 2.17. The van der Waals surface area contributed by atoms with Gasteiger partial charge in [-0.1, -0.05) is 0 Å². The van der Waals surface area contributed by atoms with Crippen LogP contribution in [0.5, 0.6) is 0 Å². The van der Waals surface area contributed by atoms with E-state index in [1.54, 1.807) is 0 Å². The molecule has 1 unspecified atom stereocenters. The average Bonchev–Trinajstić information content (AvgIpc) is 2.15. The molecule has 0 spiro atoms. The molecule has 0 aromatic carbocycles. The van der Waals surface area contributed by atoms with Crippen LogP contribution in [0.15, 0.2) is 0 Å². The monoisotopic (exact) mass is 225 g/mol. The van der Waals surface area contributed by atoms with Crippen molar-refractivity contribution in [2.24, 2.45) is 5.92 Å². The van der Waals surface area contributed by atoms with E-state index in [2.05, 4.69) is 10.1 Å². The number of nitrogens with one attached hydrogen (secondary N) is 1. The first kappa shape index (κ1) is 12.3. The molecule has 3 nitrogen and oxygen atoms in total. The van der Waals surface area contributed by atoms with Crippen molar-refractivity contribution in [3.8, 4) is 0 Å². The fourth-order valence-corrected chi connectivity index (χ4v) is 1.56. The zero-order chi connectivity index (χ0) is 11.3. The second-order valence-corrected chi connectivity index (χ2v) is 3.69. The minimum Gasteiger partial charge on any atom is -0.456 e. The summed E-state index contributed by atoms with van der Waals surface area (Å²) in [5, 5.41) is 3.08. The molecular formula is C9H14F3NO2. The van der Waals surface area contributed by atoms with Crippen LogP contribution in [-0.2, 0) is 9.53 Å². The molecule has 0 radical (unpaired) electrons. The molecule has 0 bridgehead atoms. The van der Waals surface area contributed by atoms with Gasteiger partial charge in [-0.3, -0.25) is 4.79 Å². The van der Waals surface area contributed by atoms with E-state index >= 15 is 0 Å². The van der Waals surface area contributed by atoms with Gasteiger partial charge in [-0.05, 0) is 31.8 Å². The maximum absolute atomic E-state index is 11.7. The number of halogens is 3. The van der Waals surface area contributed by atoms with Gasteiger partial charge in [-0.15, -0.1) is 0 Å². The number of rotatable bonds is 3. The highest BCUT2D eigenvalue weighted by molar-refractivity contribution is 5.69. The molecule has 0 amide bonds. The van der Waals surface area contributed by atoms with Crippen molar-refractivity contribution in [3.63, 3.8) is 0 Å². The normalized spacial score (nSPS) is 22.5. The van der Waals surface area contributed by atoms with Gasteiger partial charge in [-0.2, -0.15) is 13.2 Å². The van der Waals surface area contributed by atoms with Crippen LogP contribution in [-0.4, -0.2) is 31.8 Å². The molecule has 1 N–H and O–H groups in total. The Morgan fingerprint density at radius 2 is 2.20 bits per heavy atom. The van der Waals surface area contributed by atoms with Gasteiger partial charge in [0.1, 0.15) is 0 Å². The Hall–Kier alpha value is -0.780. The van der Waals surface area contributed by atoms with E-state index in [9.17, 15) is 18.0 Å². The highest BCUT2D eigenvalue weighted by atomic mass is 19.4. The summed E-state index contributed by atoms with van der Waals surface area (Å²) >= 11 is 0. The molecule has 1 atom stereocenters. The lowest BCUT2D eigenvalue weighted by Gasteiger charge is -2.21. The Morgan fingerprint density at radius 1 is 1.47 bits per heavy atom. The SMILES string of the molecule is O=C(CC1CCCNC1)OCC(F)(F)F. The largest absolute Gasteiger partial charge is 0.456 e. The van der Waals surface area contributed by atoms with Crippen LogP contribution in [0.25, 0.3) is 0 Å². The molecule has 0 aromatic heterocycles. The lowest BCUT2D eigenvalue weighted by molar-refractivity contribution is -0.187. The maximum Gasteiger partial charge on any atom is 0.422 e. The van der Waals surface area contributed by atoms with E-state index < -0.39 is 18.8 Å². The fraction of sp³-hybridized carbons (Fsp3) is 0.889. The van der Waals surface area contributed by atoms with Crippen LogP contribution < -0.4 is 5.32 Å². The van der Waals surface area contributed by atoms with Gasteiger partial charge in [0.25, 0.3) is 0 Å². The van der Waals surface area contributed by atoms with Gasteiger partial charge in [-0.25, -0.2) is 0 Å². The topological polar surface area (TPSA) is 38.3 Å². The van der Waals surface area contributed by atoms with Gasteiger partial charge >= 0.3 is 12.1 Å². The summed E-state index contributed by atoms with van der Waals surface area (Å²) in [6, 6.07) is 0. The number of carbonyl (C=O) groups is 1. The van der Waals surface area contributed by atoms with Crippen LogP contribution in [0.2, 0.25) is 0 Å². The predicted molar refractivity (Wildman–Crippen MR) is 47.2 cm³/mol.